The highest BCUT2D eigenvalue weighted by Gasteiger charge is 2.12. The summed E-state index contributed by atoms with van der Waals surface area (Å²) in [5.74, 6) is 0.0342. The van der Waals surface area contributed by atoms with Gasteiger partial charge < -0.3 is 0 Å². The molecule has 0 saturated heterocycles. The first kappa shape index (κ1) is 13.3. The number of benzene rings is 2. The smallest absolute Gasteiger partial charge is 0.168 e. The molecule has 92 valence electrons. The van der Waals surface area contributed by atoms with Gasteiger partial charge in [-0.2, -0.15) is 0 Å². The van der Waals surface area contributed by atoms with E-state index < -0.39 is 0 Å². The minimum Gasteiger partial charge on any atom is -0.294 e. The zero-order chi connectivity index (χ0) is 13.1. The van der Waals surface area contributed by atoms with Crippen LogP contribution < -0.4 is 0 Å². The molecule has 0 aliphatic rings. The lowest BCUT2D eigenvalue weighted by Crippen LogP contribution is -2.05. The molecule has 2 rings (SSSR count). The van der Waals surface area contributed by atoms with Crippen molar-refractivity contribution in [2.24, 2.45) is 0 Å². The Bertz CT molecular complexity index is 593. The summed E-state index contributed by atoms with van der Waals surface area (Å²) in [4.78, 5) is 12.2. The van der Waals surface area contributed by atoms with E-state index >= 15 is 0 Å². The van der Waals surface area contributed by atoms with Crippen LogP contribution in [0, 0.1) is 6.92 Å². The molecule has 0 aliphatic heterocycles. The lowest BCUT2D eigenvalue weighted by Gasteiger charge is -2.06. The first-order valence-corrected chi connectivity index (χ1v) is 6.78. The quantitative estimate of drug-likeness (QED) is 0.739. The van der Waals surface area contributed by atoms with Crippen molar-refractivity contribution in [1.29, 1.82) is 0 Å². The molecule has 0 bridgehead atoms. The summed E-state index contributed by atoms with van der Waals surface area (Å²) in [6.45, 7) is 1.95. The van der Waals surface area contributed by atoms with Gasteiger partial charge in [0, 0.05) is 16.5 Å². The van der Waals surface area contributed by atoms with Crippen molar-refractivity contribution in [1.82, 2.24) is 0 Å². The Morgan fingerprint density at radius 1 is 1.22 bits per heavy atom. The molecule has 1 nitrogen and oxygen atoms in total. The van der Waals surface area contributed by atoms with Crippen LogP contribution in [0.5, 0.6) is 0 Å². The fourth-order valence-corrected chi connectivity index (χ4v) is 2.52. The molecule has 3 heteroatoms. The van der Waals surface area contributed by atoms with Crippen molar-refractivity contribution in [2.45, 2.75) is 13.3 Å². The Labute approximate surface area is 120 Å². The van der Waals surface area contributed by atoms with E-state index in [2.05, 4.69) is 15.9 Å². The molecule has 0 amide bonds. The van der Waals surface area contributed by atoms with Gasteiger partial charge >= 0.3 is 0 Å². The second-order valence-corrected chi connectivity index (χ2v) is 5.44. The first-order chi connectivity index (χ1) is 8.58. The van der Waals surface area contributed by atoms with Gasteiger partial charge in [0.15, 0.2) is 5.78 Å². The van der Waals surface area contributed by atoms with Crippen LogP contribution >= 0.6 is 27.5 Å². The van der Waals surface area contributed by atoms with Crippen molar-refractivity contribution in [3.63, 3.8) is 0 Å². The molecule has 0 spiro atoms. The Morgan fingerprint density at radius 3 is 2.61 bits per heavy atom. The van der Waals surface area contributed by atoms with E-state index in [4.69, 9.17) is 11.6 Å². The summed E-state index contributed by atoms with van der Waals surface area (Å²) in [5.41, 5.74) is 2.61. The van der Waals surface area contributed by atoms with Gasteiger partial charge in [0.1, 0.15) is 0 Å². The third-order valence-corrected chi connectivity index (χ3v) is 3.82. The van der Waals surface area contributed by atoms with Crippen LogP contribution in [-0.2, 0) is 6.42 Å². The summed E-state index contributed by atoms with van der Waals surface area (Å²) in [5, 5.41) is 0.520. The maximum atomic E-state index is 12.2. The number of aryl methyl sites for hydroxylation is 1. The van der Waals surface area contributed by atoms with Gasteiger partial charge in [-0.15, -0.1) is 0 Å². The predicted molar refractivity (Wildman–Crippen MR) is 78.4 cm³/mol. The molecule has 0 fully saturated rings. The van der Waals surface area contributed by atoms with E-state index in [1.165, 1.54) is 0 Å². The van der Waals surface area contributed by atoms with E-state index in [0.717, 1.165) is 15.6 Å². The minimum absolute atomic E-state index is 0.0342. The van der Waals surface area contributed by atoms with Crippen molar-refractivity contribution >= 4 is 33.3 Å². The highest BCUT2D eigenvalue weighted by Crippen LogP contribution is 2.22. The van der Waals surface area contributed by atoms with Gasteiger partial charge in [-0.25, -0.2) is 0 Å². The fraction of sp³-hybridized carbons (Fsp3) is 0.133. The van der Waals surface area contributed by atoms with E-state index in [9.17, 15) is 4.79 Å². The number of hydrogen-bond acceptors (Lipinski definition) is 1. The number of carbonyl (C=O) groups is 1. The average molecular weight is 324 g/mol. The van der Waals surface area contributed by atoms with Crippen LogP contribution in [-0.4, -0.2) is 5.78 Å². The second kappa shape index (κ2) is 5.68. The normalized spacial score (nSPS) is 10.4. The lowest BCUT2D eigenvalue weighted by molar-refractivity contribution is 0.0993. The zero-order valence-electron chi connectivity index (χ0n) is 9.91. The molecule has 0 aliphatic carbocycles. The van der Waals surface area contributed by atoms with Crippen LogP contribution in [0.1, 0.15) is 21.5 Å². The topological polar surface area (TPSA) is 17.1 Å². The van der Waals surface area contributed by atoms with Crippen molar-refractivity contribution < 1.29 is 4.79 Å². The summed E-state index contributed by atoms with van der Waals surface area (Å²) in [7, 11) is 0. The molecule has 0 saturated carbocycles. The van der Waals surface area contributed by atoms with E-state index in [0.29, 0.717) is 17.0 Å². The fourth-order valence-electron chi connectivity index (χ4n) is 1.76. The monoisotopic (exact) mass is 322 g/mol. The summed E-state index contributed by atoms with van der Waals surface area (Å²) >= 11 is 9.54. The van der Waals surface area contributed by atoms with Crippen molar-refractivity contribution in [3.8, 4) is 0 Å². The predicted octanol–water partition coefficient (Wildman–Crippen LogP) is 4.84. The molecule has 0 atom stereocenters. The zero-order valence-corrected chi connectivity index (χ0v) is 12.3. The molecule has 0 N–H and O–H groups in total. The molecule has 0 heterocycles. The standard InChI is InChI=1S/C15H12BrClO/c1-10-6-7-12(14(17)8-10)15(18)9-11-4-2-3-5-13(11)16/h2-8H,9H2,1H3. The van der Waals surface area contributed by atoms with E-state index in [1.54, 1.807) is 6.07 Å². The maximum Gasteiger partial charge on any atom is 0.168 e. The molecule has 0 aromatic heterocycles. The molecule has 0 unspecified atom stereocenters. The van der Waals surface area contributed by atoms with Gasteiger partial charge in [-0.1, -0.05) is 51.8 Å². The molecule has 0 radical (unpaired) electrons. The van der Waals surface area contributed by atoms with Gasteiger partial charge in [0.2, 0.25) is 0 Å². The van der Waals surface area contributed by atoms with Crippen LogP contribution in [0.15, 0.2) is 46.9 Å². The van der Waals surface area contributed by atoms with Gasteiger partial charge in [-0.05, 0) is 36.2 Å². The Morgan fingerprint density at radius 2 is 1.94 bits per heavy atom. The Hall–Kier alpha value is -1.12. The molecule has 2 aromatic rings. The SMILES string of the molecule is Cc1ccc(C(=O)Cc2ccccc2Br)c(Cl)c1. The Balaban J connectivity index is 2.25. The number of Topliss-reactive ketones (excluding diaryl/α,β-unsaturated/α-hetero) is 1. The third kappa shape index (κ3) is 3.01. The van der Waals surface area contributed by atoms with Gasteiger partial charge in [0.25, 0.3) is 0 Å². The van der Waals surface area contributed by atoms with E-state index in [-0.39, 0.29) is 5.78 Å². The van der Waals surface area contributed by atoms with Crippen LogP contribution in [0.3, 0.4) is 0 Å². The molecular formula is C15H12BrClO. The number of carbonyl (C=O) groups excluding carboxylic acids is 1. The van der Waals surface area contributed by atoms with Crippen LogP contribution in [0.25, 0.3) is 0 Å². The highest BCUT2D eigenvalue weighted by molar-refractivity contribution is 9.10. The van der Waals surface area contributed by atoms with Crippen molar-refractivity contribution in [3.05, 3.63) is 68.7 Å². The Kier molecular flexibility index (Phi) is 4.20. The van der Waals surface area contributed by atoms with Crippen LogP contribution in [0.2, 0.25) is 5.02 Å². The number of hydrogen-bond donors (Lipinski definition) is 0. The van der Waals surface area contributed by atoms with Crippen LogP contribution in [0.4, 0.5) is 0 Å². The summed E-state index contributed by atoms with van der Waals surface area (Å²) in [6.07, 6.45) is 0.351. The average Bonchev–Trinajstić information content (AvgIpc) is 2.32. The maximum absolute atomic E-state index is 12.2. The molecule has 2 aromatic carbocycles. The largest absolute Gasteiger partial charge is 0.294 e. The van der Waals surface area contributed by atoms with Gasteiger partial charge in [-0.3, -0.25) is 4.79 Å². The number of ketones is 1. The summed E-state index contributed by atoms with van der Waals surface area (Å²) in [6, 6.07) is 13.2. The third-order valence-electron chi connectivity index (χ3n) is 2.73. The first-order valence-electron chi connectivity index (χ1n) is 5.60. The lowest BCUT2D eigenvalue weighted by atomic mass is 10.0. The minimum atomic E-state index is 0.0342. The van der Waals surface area contributed by atoms with Crippen molar-refractivity contribution in [2.75, 3.05) is 0 Å². The van der Waals surface area contributed by atoms with Gasteiger partial charge in [0.05, 0.1) is 5.02 Å². The molecule has 18 heavy (non-hydrogen) atoms. The highest BCUT2D eigenvalue weighted by atomic mass is 79.9. The number of halogens is 2. The molecular weight excluding hydrogens is 312 g/mol. The summed E-state index contributed by atoms with van der Waals surface area (Å²) < 4.78 is 0.946. The second-order valence-electron chi connectivity index (χ2n) is 4.17. The number of rotatable bonds is 3. The van der Waals surface area contributed by atoms with E-state index in [1.807, 2.05) is 43.3 Å².